The van der Waals surface area contributed by atoms with Gasteiger partial charge in [0.15, 0.2) is 0 Å². The Hall–Kier alpha value is -1.64. The van der Waals surface area contributed by atoms with Crippen molar-refractivity contribution in [3.05, 3.63) is 53.6 Å². The number of hydrogen-bond acceptors (Lipinski definition) is 2. The van der Waals surface area contributed by atoms with Gasteiger partial charge in [-0.15, -0.1) is 22.7 Å². The van der Waals surface area contributed by atoms with Crippen LogP contribution >= 0.6 is 22.7 Å². The monoisotopic (exact) mass is 446 g/mol. The standard InChI is InChI=1S/C29H34S2/c1-2-3-4-5-6-7-8-9-12-21-15-17-24-26(19-21)30-29-25-18-16-23(22-13-10-11-14-22)20-27(25)31-28(24)29/h13,15-20H,2-12,14H2,1H3. The average Bonchev–Trinajstić information content (AvgIpc) is 3.51. The summed E-state index contributed by atoms with van der Waals surface area (Å²) in [7, 11) is 0. The van der Waals surface area contributed by atoms with E-state index in [4.69, 9.17) is 0 Å². The first-order valence-electron chi connectivity index (χ1n) is 12.4. The highest BCUT2D eigenvalue weighted by molar-refractivity contribution is 7.36. The minimum atomic E-state index is 1.23. The fraction of sp³-hybridized carbons (Fsp3) is 0.448. The predicted molar refractivity (Wildman–Crippen MR) is 143 cm³/mol. The van der Waals surface area contributed by atoms with Crippen molar-refractivity contribution in [1.82, 2.24) is 0 Å². The Morgan fingerprint density at radius 3 is 2.13 bits per heavy atom. The van der Waals surface area contributed by atoms with Crippen LogP contribution in [0.25, 0.3) is 35.1 Å². The van der Waals surface area contributed by atoms with Gasteiger partial charge >= 0.3 is 0 Å². The van der Waals surface area contributed by atoms with Gasteiger partial charge in [-0.2, -0.15) is 0 Å². The minimum Gasteiger partial charge on any atom is -0.134 e. The van der Waals surface area contributed by atoms with E-state index in [0.717, 1.165) is 0 Å². The Labute approximate surface area is 195 Å². The van der Waals surface area contributed by atoms with Crippen LogP contribution in [0.4, 0.5) is 0 Å². The first-order valence-corrected chi connectivity index (χ1v) is 14.0. The molecule has 0 saturated heterocycles. The van der Waals surface area contributed by atoms with Crippen LogP contribution in [-0.4, -0.2) is 0 Å². The molecule has 0 nitrogen and oxygen atoms in total. The molecule has 5 rings (SSSR count). The Kier molecular flexibility index (Phi) is 6.76. The molecule has 1 aliphatic rings. The smallest absolute Gasteiger partial charge is 0.0542 e. The zero-order valence-electron chi connectivity index (χ0n) is 18.8. The number of aryl methyl sites for hydroxylation is 1. The normalized spacial score (nSPS) is 14.3. The van der Waals surface area contributed by atoms with Crippen molar-refractivity contribution in [2.24, 2.45) is 0 Å². The molecule has 0 spiro atoms. The van der Waals surface area contributed by atoms with Crippen LogP contribution in [0.1, 0.15) is 88.7 Å². The fourth-order valence-electron chi connectivity index (χ4n) is 5.05. The van der Waals surface area contributed by atoms with Gasteiger partial charge in [0.2, 0.25) is 0 Å². The van der Waals surface area contributed by atoms with Crippen molar-refractivity contribution in [1.29, 1.82) is 0 Å². The second-order valence-electron chi connectivity index (χ2n) is 9.25. The molecule has 0 amide bonds. The third kappa shape index (κ3) is 4.61. The third-order valence-corrected chi connectivity index (χ3v) is 9.38. The van der Waals surface area contributed by atoms with Crippen molar-refractivity contribution in [2.45, 2.75) is 84.0 Å². The molecule has 2 aromatic heterocycles. The highest BCUT2D eigenvalue weighted by atomic mass is 32.1. The zero-order valence-corrected chi connectivity index (χ0v) is 20.5. The summed E-state index contributed by atoms with van der Waals surface area (Å²) in [4.78, 5) is 0. The van der Waals surface area contributed by atoms with Gasteiger partial charge in [-0.3, -0.25) is 0 Å². The van der Waals surface area contributed by atoms with Gasteiger partial charge in [-0.25, -0.2) is 0 Å². The summed E-state index contributed by atoms with van der Waals surface area (Å²) in [6.45, 7) is 2.29. The van der Waals surface area contributed by atoms with Gasteiger partial charge in [0, 0.05) is 20.2 Å². The highest BCUT2D eigenvalue weighted by Gasteiger charge is 2.14. The maximum Gasteiger partial charge on any atom is 0.0542 e. The lowest BCUT2D eigenvalue weighted by molar-refractivity contribution is 0.575. The molecule has 0 bridgehead atoms. The van der Waals surface area contributed by atoms with Crippen molar-refractivity contribution >= 4 is 57.8 Å². The van der Waals surface area contributed by atoms with E-state index in [-0.39, 0.29) is 0 Å². The van der Waals surface area contributed by atoms with Gasteiger partial charge in [-0.1, -0.05) is 82.2 Å². The van der Waals surface area contributed by atoms with Gasteiger partial charge < -0.3 is 0 Å². The van der Waals surface area contributed by atoms with E-state index < -0.39 is 0 Å². The van der Waals surface area contributed by atoms with Crippen LogP contribution < -0.4 is 0 Å². The lowest BCUT2D eigenvalue weighted by Crippen LogP contribution is -1.86. The molecule has 2 heteroatoms. The summed E-state index contributed by atoms with van der Waals surface area (Å²) in [6, 6.07) is 14.4. The quantitative estimate of drug-likeness (QED) is 0.212. The molecule has 2 heterocycles. The Balaban J connectivity index is 1.28. The SMILES string of the molecule is CCCCCCCCCCc1ccc2c(c1)sc1c3ccc(C4=CCCC4)cc3sc21. The molecule has 0 aliphatic heterocycles. The number of thiophene rings is 2. The third-order valence-electron chi connectivity index (χ3n) is 6.88. The largest absolute Gasteiger partial charge is 0.134 e. The number of unbranched alkanes of at least 4 members (excludes halogenated alkanes) is 7. The molecule has 31 heavy (non-hydrogen) atoms. The lowest BCUT2D eigenvalue weighted by atomic mass is 10.0. The van der Waals surface area contributed by atoms with E-state index in [9.17, 15) is 0 Å². The number of hydrogen-bond donors (Lipinski definition) is 0. The average molecular weight is 447 g/mol. The maximum atomic E-state index is 2.47. The molecule has 162 valence electrons. The second-order valence-corrected chi connectivity index (χ2v) is 11.4. The molecule has 4 aromatic rings. The molecule has 0 unspecified atom stereocenters. The van der Waals surface area contributed by atoms with E-state index in [2.05, 4.69) is 49.4 Å². The second kappa shape index (κ2) is 9.88. The molecular formula is C29H34S2. The zero-order chi connectivity index (χ0) is 21.0. The van der Waals surface area contributed by atoms with Crippen molar-refractivity contribution in [3.63, 3.8) is 0 Å². The van der Waals surface area contributed by atoms with Crippen molar-refractivity contribution < 1.29 is 0 Å². The van der Waals surface area contributed by atoms with E-state index in [1.165, 1.54) is 118 Å². The summed E-state index contributed by atoms with van der Waals surface area (Å²) in [5.74, 6) is 0. The Morgan fingerprint density at radius 2 is 1.42 bits per heavy atom. The summed E-state index contributed by atoms with van der Waals surface area (Å²) in [5, 5.41) is 2.91. The summed E-state index contributed by atoms with van der Waals surface area (Å²) in [5.41, 5.74) is 4.51. The van der Waals surface area contributed by atoms with E-state index >= 15 is 0 Å². The van der Waals surface area contributed by atoms with Gasteiger partial charge in [0.05, 0.1) is 9.40 Å². The van der Waals surface area contributed by atoms with Crippen LogP contribution in [0.2, 0.25) is 0 Å². The van der Waals surface area contributed by atoms with Crippen molar-refractivity contribution in [2.75, 3.05) is 0 Å². The van der Waals surface area contributed by atoms with Gasteiger partial charge in [-0.05, 0) is 60.9 Å². The molecule has 1 aliphatic carbocycles. The minimum absolute atomic E-state index is 1.23. The lowest BCUT2D eigenvalue weighted by Gasteiger charge is -2.03. The number of benzene rings is 2. The van der Waals surface area contributed by atoms with E-state index in [0.29, 0.717) is 0 Å². The molecule has 0 atom stereocenters. The summed E-state index contributed by atoms with van der Waals surface area (Å²) in [6.07, 6.45) is 18.6. The predicted octanol–water partition coefficient (Wildman–Crippen LogP) is 10.5. The van der Waals surface area contributed by atoms with Crippen LogP contribution in [0.3, 0.4) is 0 Å². The first kappa shape index (κ1) is 21.2. The fourth-order valence-corrected chi connectivity index (χ4v) is 7.81. The van der Waals surface area contributed by atoms with E-state index in [1.54, 1.807) is 5.57 Å². The van der Waals surface area contributed by atoms with Gasteiger partial charge in [0.25, 0.3) is 0 Å². The maximum absolute atomic E-state index is 2.47. The van der Waals surface area contributed by atoms with E-state index in [1.807, 2.05) is 22.7 Å². The number of allylic oxidation sites excluding steroid dienone is 2. The Bertz CT molecular complexity index is 1200. The first-order chi connectivity index (χ1) is 15.3. The van der Waals surface area contributed by atoms with Gasteiger partial charge in [0.1, 0.15) is 0 Å². The molecule has 2 aromatic carbocycles. The van der Waals surface area contributed by atoms with Crippen LogP contribution in [0, 0.1) is 0 Å². The molecule has 0 N–H and O–H groups in total. The molecule has 0 saturated carbocycles. The molecule has 0 radical (unpaired) electrons. The molecule has 0 fully saturated rings. The topological polar surface area (TPSA) is 0 Å². The van der Waals surface area contributed by atoms with Crippen LogP contribution in [-0.2, 0) is 6.42 Å². The molecular weight excluding hydrogens is 412 g/mol. The highest BCUT2D eigenvalue weighted by Crippen LogP contribution is 2.45. The summed E-state index contributed by atoms with van der Waals surface area (Å²) >= 11 is 3.99. The number of rotatable bonds is 10. The van der Waals surface area contributed by atoms with Crippen LogP contribution in [0.15, 0.2) is 42.5 Å². The number of fused-ring (bicyclic) bond motifs is 5. The summed E-state index contributed by atoms with van der Waals surface area (Å²) < 4.78 is 5.91. The van der Waals surface area contributed by atoms with Crippen LogP contribution in [0.5, 0.6) is 0 Å². The van der Waals surface area contributed by atoms with Crippen molar-refractivity contribution in [3.8, 4) is 0 Å². The Morgan fingerprint density at radius 1 is 0.742 bits per heavy atom.